The quantitative estimate of drug-likeness (QED) is 0.516. The van der Waals surface area contributed by atoms with Crippen molar-refractivity contribution in [2.45, 2.75) is 13.1 Å². The van der Waals surface area contributed by atoms with Gasteiger partial charge < -0.3 is 4.90 Å². The fourth-order valence-corrected chi connectivity index (χ4v) is 3.92. The number of fused-ring (bicyclic) bond motifs is 2. The molecule has 1 fully saturated rings. The van der Waals surface area contributed by atoms with Crippen LogP contribution in [0.5, 0.6) is 0 Å². The third-order valence-corrected chi connectivity index (χ3v) is 5.57. The van der Waals surface area contributed by atoms with E-state index in [0.717, 1.165) is 30.8 Å². The molecule has 0 atom stereocenters. The summed E-state index contributed by atoms with van der Waals surface area (Å²) in [5.74, 6) is -0.0541. The molecule has 8 heteroatoms. The van der Waals surface area contributed by atoms with E-state index in [4.69, 9.17) is 0 Å². The van der Waals surface area contributed by atoms with Crippen molar-refractivity contribution in [3.8, 4) is 0 Å². The van der Waals surface area contributed by atoms with Crippen molar-refractivity contribution < 1.29 is 4.79 Å². The average Bonchev–Trinajstić information content (AvgIpc) is 3.18. The minimum atomic E-state index is -0.181. The van der Waals surface area contributed by atoms with Crippen LogP contribution >= 0.6 is 0 Å². The smallest absolute Gasteiger partial charge is 0.261 e. The number of para-hydroxylation sites is 1. The van der Waals surface area contributed by atoms with Gasteiger partial charge in [-0.1, -0.05) is 18.2 Å². The lowest BCUT2D eigenvalue weighted by Gasteiger charge is -2.34. The SMILES string of the molecule is O=C(Cn1cnc2ccccc2c1=O)N1CCN(Cc2cc3ccccn3n2)CC1. The molecule has 152 valence electrons. The number of carbonyl (C=O) groups excluding carboxylic acids is 1. The molecular formula is C22H22N6O2. The summed E-state index contributed by atoms with van der Waals surface area (Å²) >= 11 is 0. The van der Waals surface area contributed by atoms with E-state index in [2.05, 4.69) is 21.0 Å². The Kier molecular flexibility index (Phi) is 4.76. The summed E-state index contributed by atoms with van der Waals surface area (Å²) in [5.41, 5.74) is 2.57. The third-order valence-electron chi connectivity index (χ3n) is 5.57. The summed E-state index contributed by atoms with van der Waals surface area (Å²) in [6.07, 6.45) is 3.40. The van der Waals surface area contributed by atoms with E-state index < -0.39 is 0 Å². The van der Waals surface area contributed by atoms with Crippen molar-refractivity contribution in [1.29, 1.82) is 0 Å². The Morgan fingerprint density at radius 2 is 1.80 bits per heavy atom. The number of piperazine rings is 1. The number of pyridine rings is 1. The highest BCUT2D eigenvalue weighted by Gasteiger charge is 2.22. The predicted octanol–water partition coefficient (Wildman–Crippen LogP) is 1.39. The normalized spacial score (nSPS) is 15.1. The molecule has 4 aromatic rings. The largest absolute Gasteiger partial charge is 0.339 e. The first kappa shape index (κ1) is 18.5. The van der Waals surface area contributed by atoms with Gasteiger partial charge in [-0.2, -0.15) is 5.10 Å². The molecule has 0 spiro atoms. The lowest BCUT2D eigenvalue weighted by atomic mass is 10.2. The summed E-state index contributed by atoms with van der Waals surface area (Å²) in [6.45, 7) is 3.62. The van der Waals surface area contributed by atoms with Crippen molar-refractivity contribution in [1.82, 2.24) is 29.0 Å². The van der Waals surface area contributed by atoms with Crippen molar-refractivity contribution in [3.63, 3.8) is 0 Å². The Labute approximate surface area is 173 Å². The number of carbonyl (C=O) groups is 1. The lowest BCUT2D eigenvalue weighted by Crippen LogP contribution is -2.49. The van der Waals surface area contributed by atoms with E-state index in [-0.39, 0.29) is 18.0 Å². The van der Waals surface area contributed by atoms with Crippen molar-refractivity contribution in [3.05, 3.63) is 77.1 Å². The molecule has 0 aliphatic carbocycles. The van der Waals surface area contributed by atoms with Gasteiger partial charge in [0.25, 0.3) is 5.56 Å². The third kappa shape index (κ3) is 3.57. The van der Waals surface area contributed by atoms with Crippen LogP contribution in [0.25, 0.3) is 16.4 Å². The second-order valence-electron chi connectivity index (χ2n) is 7.56. The molecule has 5 rings (SSSR count). The van der Waals surface area contributed by atoms with Gasteiger partial charge in [0.15, 0.2) is 0 Å². The van der Waals surface area contributed by atoms with E-state index in [1.807, 2.05) is 39.9 Å². The molecule has 4 heterocycles. The number of hydrogen-bond acceptors (Lipinski definition) is 5. The van der Waals surface area contributed by atoms with Gasteiger partial charge in [0, 0.05) is 38.9 Å². The highest BCUT2D eigenvalue weighted by molar-refractivity contribution is 5.79. The van der Waals surface area contributed by atoms with Crippen LogP contribution in [0.4, 0.5) is 0 Å². The second kappa shape index (κ2) is 7.72. The molecule has 30 heavy (non-hydrogen) atoms. The molecule has 0 bridgehead atoms. The van der Waals surface area contributed by atoms with Gasteiger partial charge in [-0.3, -0.25) is 19.1 Å². The van der Waals surface area contributed by atoms with Crippen molar-refractivity contribution in [2.75, 3.05) is 26.2 Å². The van der Waals surface area contributed by atoms with Crippen LogP contribution in [0.15, 0.2) is 65.8 Å². The summed E-state index contributed by atoms with van der Waals surface area (Å²) < 4.78 is 3.28. The molecule has 1 amide bonds. The van der Waals surface area contributed by atoms with Crippen LogP contribution < -0.4 is 5.56 Å². The number of benzene rings is 1. The Morgan fingerprint density at radius 3 is 2.63 bits per heavy atom. The first-order valence-corrected chi connectivity index (χ1v) is 10.0. The van der Waals surface area contributed by atoms with Crippen LogP contribution in [0.2, 0.25) is 0 Å². The van der Waals surface area contributed by atoms with Crippen LogP contribution in [0.3, 0.4) is 0 Å². The van der Waals surface area contributed by atoms with E-state index in [9.17, 15) is 9.59 Å². The maximum Gasteiger partial charge on any atom is 0.261 e. The molecule has 1 aliphatic heterocycles. The molecule has 1 aromatic carbocycles. The number of rotatable bonds is 4. The number of amides is 1. The molecule has 3 aromatic heterocycles. The number of nitrogens with zero attached hydrogens (tertiary/aromatic N) is 6. The molecule has 0 saturated carbocycles. The van der Waals surface area contributed by atoms with Crippen LogP contribution in [0, 0.1) is 0 Å². The van der Waals surface area contributed by atoms with Crippen molar-refractivity contribution >= 4 is 22.3 Å². The van der Waals surface area contributed by atoms with Crippen molar-refractivity contribution in [2.24, 2.45) is 0 Å². The van der Waals surface area contributed by atoms with E-state index >= 15 is 0 Å². The van der Waals surface area contributed by atoms with Crippen LogP contribution in [-0.4, -0.2) is 61.1 Å². The summed E-state index contributed by atoms with van der Waals surface area (Å²) in [7, 11) is 0. The molecular weight excluding hydrogens is 380 g/mol. The van der Waals surface area contributed by atoms with E-state index in [1.54, 1.807) is 18.2 Å². The minimum absolute atomic E-state index is 0.0170. The predicted molar refractivity (Wildman–Crippen MR) is 113 cm³/mol. The molecule has 0 N–H and O–H groups in total. The van der Waals surface area contributed by atoms with Gasteiger partial charge >= 0.3 is 0 Å². The zero-order valence-corrected chi connectivity index (χ0v) is 16.5. The Morgan fingerprint density at radius 1 is 1.00 bits per heavy atom. The van der Waals surface area contributed by atoms with Gasteiger partial charge in [0.2, 0.25) is 5.91 Å². The Balaban J connectivity index is 1.20. The maximum absolute atomic E-state index is 12.7. The standard InChI is InChI=1S/C22H22N6O2/c29-21(15-27-16-23-20-7-2-1-6-19(20)22(27)30)26-11-9-25(10-12-26)14-17-13-18-5-3-4-8-28(18)24-17/h1-8,13,16H,9-12,14-15H2. The highest BCUT2D eigenvalue weighted by Crippen LogP contribution is 2.11. The Bertz CT molecular complexity index is 1240. The van der Waals surface area contributed by atoms with Crippen LogP contribution in [-0.2, 0) is 17.9 Å². The van der Waals surface area contributed by atoms with Crippen LogP contribution in [0.1, 0.15) is 5.69 Å². The van der Waals surface area contributed by atoms with Gasteiger partial charge in [0.05, 0.1) is 28.4 Å². The lowest BCUT2D eigenvalue weighted by molar-refractivity contribution is -0.133. The molecule has 1 aliphatic rings. The summed E-state index contributed by atoms with van der Waals surface area (Å²) in [4.78, 5) is 33.8. The van der Waals surface area contributed by atoms with E-state index in [0.29, 0.717) is 24.0 Å². The summed E-state index contributed by atoms with van der Waals surface area (Å²) in [6, 6.07) is 15.3. The highest BCUT2D eigenvalue weighted by atomic mass is 16.2. The molecule has 0 unspecified atom stereocenters. The fourth-order valence-electron chi connectivity index (χ4n) is 3.92. The first-order valence-electron chi connectivity index (χ1n) is 10.0. The monoisotopic (exact) mass is 402 g/mol. The zero-order chi connectivity index (χ0) is 20.5. The number of hydrogen-bond donors (Lipinski definition) is 0. The zero-order valence-electron chi connectivity index (χ0n) is 16.5. The Hall–Kier alpha value is -3.52. The number of aromatic nitrogens is 4. The van der Waals surface area contributed by atoms with Gasteiger partial charge in [-0.25, -0.2) is 9.50 Å². The van der Waals surface area contributed by atoms with E-state index in [1.165, 1.54) is 10.9 Å². The summed E-state index contributed by atoms with van der Waals surface area (Å²) in [5, 5.41) is 5.13. The maximum atomic E-state index is 12.7. The fraction of sp³-hybridized carbons (Fsp3) is 0.273. The first-order chi connectivity index (χ1) is 14.7. The van der Waals surface area contributed by atoms with Gasteiger partial charge in [0.1, 0.15) is 6.54 Å². The molecule has 1 saturated heterocycles. The minimum Gasteiger partial charge on any atom is -0.339 e. The topological polar surface area (TPSA) is 75.7 Å². The second-order valence-corrected chi connectivity index (χ2v) is 7.56. The van der Waals surface area contributed by atoms with Gasteiger partial charge in [-0.05, 0) is 30.3 Å². The van der Waals surface area contributed by atoms with Gasteiger partial charge in [-0.15, -0.1) is 0 Å². The average molecular weight is 402 g/mol. The molecule has 8 nitrogen and oxygen atoms in total. The molecule has 0 radical (unpaired) electrons.